The minimum Gasteiger partial charge on any atom is -0.343 e. The van der Waals surface area contributed by atoms with Gasteiger partial charge in [-0.15, -0.1) is 0 Å². The van der Waals surface area contributed by atoms with E-state index in [1.54, 1.807) is 6.07 Å². The normalized spacial score (nSPS) is 18.9. The van der Waals surface area contributed by atoms with Gasteiger partial charge in [0.15, 0.2) is 0 Å². The molecule has 2 aliphatic heterocycles. The van der Waals surface area contributed by atoms with Gasteiger partial charge >= 0.3 is 0 Å². The van der Waals surface area contributed by atoms with Crippen molar-refractivity contribution in [3.05, 3.63) is 35.6 Å². The van der Waals surface area contributed by atoms with Crippen LogP contribution in [-0.4, -0.2) is 47.8 Å². The number of amides is 2. The number of nitrogens with zero attached hydrogens (tertiary/aromatic N) is 2. The maximum absolute atomic E-state index is 13.2. The van der Waals surface area contributed by atoms with Crippen molar-refractivity contribution < 1.29 is 14.0 Å². The molecule has 0 atom stereocenters. The van der Waals surface area contributed by atoms with Crippen LogP contribution in [0.25, 0.3) is 0 Å². The molecule has 0 radical (unpaired) electrons. The number of carbonyl (C=O) groups excluding carboxylic acids is 2. The smallest absolute Gasteiger partial charge is 0.225 e. The highest BCUT2D eigenvalue weighted by Crippen LogP contribution is 2.22. The van der Waals surface area contributed by atoms with Crippen LogP contribution in [0.5, 0.6) is 0 Å². The standard InChI is InChI=1S/C19H25FN2O2/c20-17-5-3-4-15(14-17)6-7-18(23)21-12-8-16(9-13-21)19(24)22-10-1-2-11-22/h3-5,14,16H,1-2,6-13H2. The third-order valence-corrected chi connectivity index (χ3v) is 5.13. The van der Waals surface area contributed by atoms with Gasteiger partial charge in [0, 0.05) is 38.5 Å². The van der Waals surface area contributed by atoms with Crippen molar-refractivity contribution in [1.82, 2.24) is 9.80 Å². The van der Waals surface area contributed by atoms with Crippen LogP contribution in [0.2, 0.25) is 0 Å². The van der Waals surface area contributed by atoms with Crippen LogP contribution in [0, 0.1) is 11.7 Å². The number of benzene rings is 1. The fraction of sp³-hybridized carbons (Fsp3) is 0.579. The number of hydrogen-bond acceptors (Lipinski definition) is 2. The number of hydrogen-bond donors (Lipinski definition) is 0. The van der Waals surface area contributed by atoms with Gasteiger partial charge in [-0.1, -0.05) is 12.1 Å². The first-order valence-electron chi connectivity index (χ1n) is 8.94. The lowest BCUT2D eigenvalue weighted by atomic mass is 9.95. The second-order valence-corrected chi connectivity index (χ2v) is 6.82. The third-order valence-electron chi connectivity index (χ3n) is 5.13. The zero-order chi connectivity index (χ0) is 16.9. The Bertz CT molecular complexity index is 591. The monoisotopic (exact) mass is 332 g/mol. The van der Waals surface area contributed by atoms with Crippen molar-refractivity contribution in [2.75, 3.05) is 26.2 Å². The molecular weight excluding hydrogens is 307 g/mol. The van der Waals surface area contributed by atoms with Gasteiger partial charge in [-0.3, -0.25) is 9.59 Å². The Hall–Kier alpha value is -1.91. The van der Waals surface area contributed by atoms with E-state index in [1.165, 1.54) is 12.1 Å². The van der Waals surface area contributed by atoms with Crippen LogP contribution >= 0.6 is 0 Å². The number of aryl methyl sites for hydroxylation is 1. The molecule has 2 aliphatic rings. The third kappa shape index (κ3) is 4.13. The minimum absolute atomic E-state index is 0.0790. The molecule has 24 heavy (non-hydrogen) atoms. The molecular formula is C19H25FN2O2. The molecule has 2 fully saturated rings. The molecule has 0 N–H and O–H groups in total. The van der Waals surface area contributed by atoms with Crippen molar-refractivity contribution in [3.63, 3.8) is 0 Å². The molecule has 0 aromatic heterocycles. The van der Waals surface area contributed by atoms with E-state index in [9.17, 15) is 14.0 Å². The van der Waals surface area contributed by atoms with Gasteiger partial charge < -0.3 is 9.80 Å². The molecule has 2 amide bonds. The molecule has 130 valence electrons. The molecule has 2 saturated heterocycles. The van der Waals surface area contributed by atoms with Gasteiger partial charge in [-0.05, 0) is 49.8 Å². The predicted molar refractivity (Wildman–Crippen MR) is 89.8 cm³/mol. The van der Waals surface area contributed by atoms with Crippen LogP contribution in [0.15, 0.2) is 24.3 Å². The van der Waals surface area contributed by atoms with E-state index in [2.05, 4.69) is 0 Å². The van der Waals surface area contributed by atoms with Crippen LogP contribution < -0.4 is 0 Å². The lowest BCUT2D eigenvalue weighted by molar-refractivity contribution is -0.140. The van der Waals surface area contributed by atoms with E-state index in [0.29, 0.717) is 25.9 Å². The summed E-state index contributed by atoms with van der Waals surface area (Å²) in [5.74, 6) is 0.197. The highest BCUT2D eigenvalue weighted by Gasteiger charge is 2.30. The Balaban J connectivity index is 1.44. The van der Waals surface area contributed by atoms with E-state index >= 15 is 0 Å². The van der Waals surface area contributed by atoms with Crippen molar-refractivity contribution in [2.24, 2.45) is 5.92 Å². The van der Waals surface area contributed by atoms with Gasteiger partial charge in [0.25, 0.3) is 0 Å². The first kappa shape index (κ1) is 16.9. The maximum atomic E-state index is 13.2. The second-order valence-electron chi connectivity index (χ2n) is 6.82. The summed E-state index contributed by atoms with van der Waals surface area (Å²) in [5, 5.41) is 0. The highest BCUT2D eigenvalue weighted by atomic mass is 19.1. The summed E-state index contributed by atoms with van der Waals surface area (Å²) in [7, 11) is 0. The van der Waals surface area contributed by atoms with Crippen LogP contribution in [0.4, 0.5) is 4.39 Å². The summed E-state index contributed by atoms with van der Waals surface area (Å²) in [6.45, 7) is 3.11. The van der Waals surface area contributed by atoms with Gasteiger partial charge in [0.2, 0.25) is 11.8 Å². The Morgan fingerprint density at radius 2 is 1.75 bits per heavy atom. The molecule has 0 aliphatic carbocycles. The quantitative estimate of drug-likeness (QED) is 0.850. The lowest BCUT2D eigenvalue weighted by Crippen LogP contribution is -2.43. The highest BCUT2D eigenvalue weighted by molar-refractivity contribution is 5.80. The minimum atomic E-state index is -0.263. The van der Waals surface area contributed by atoms with Gasteiger partial charge in [0.1, 0.15) is 5.82 Å². The van der Waals surface area contributed by atoms with E-state index in [4.69, 9.17) is 0 Å². The predicted octanol–water partition coefficient (Wildman–Crippen LogP) is 2.62. The number of likely N-dealkylation sites (tertiary alicyclic amines) is 2. The zero-order valence-corrected chi connectivity index (χ0v) is 14.0. The van der Waals surface area contributed by atoms with Crippen LogP contribution in [0.1, 0.15) is 37.7 Å². The summed E-state index contributed by atoms with van der Waals surface area (Å²) >= 11 is 0. The van der Waals surface area contributed by atoms with Crippen molar-refractivity contribution in [3.8, 4) is 0 Å². The number of piperidine rings is 1. The number of carbonyl (C=O) groups is 2. The summed E-state index contributed by atoms with van der Waals surface area (Å²) in [6.07, 6.45) is 4.71. The Labute approximate surface area is 142 Å². The molecule has 0 bridgehead atoms. The number of rotatable bonds is 4. The maximum Gasteiger partial charge on any atom is 0.225 e. The van der Waals surface area contributed by atoms with Gasteiger partial charge in [-0.2, -0.15) is 0 Å². The summed E-state index contributed by atoms with van der Waals surface area (Å²) in [6, 6.07) is 6.41. The van der Waals surface area contributed by atoms with E-state index in [1.807, 2.05) is 15.9 Å². The SMILES string of the molecule is O=C(CCc1cccc(F)c1)N1CCC(C(=O)N2CCCC2)CC1. The molecule has 3 rings (SSSR count). The van der Waals surface area contributed by atoms with E-state index in [-0.39, 0.29) is 23.5 Å². The molecule has 4 nitrogen and oxygen atoms in total. The van der Waals surface area contributed by atoms with Crippen molar-refractivity contribution >= 4 is 11.8 Å². The fourth-order valence-corrected chi connectivity index (χ4v) is 3.67. The summed E-state index contributed by atoms with van der Waals surface area (Å²) in [5.41, 5.74) is 0.849. The molecule has 0 unspecified atom stereocenters. The Kier molecular flexibility index (Phi) is 5.48. The number of halogens is 1. The summed E-state index contributed by atoms with van der Waals surface area (Å²) < 4.78 is 13.2. The Morgan fingerprint density at radius 1 is 1.04 bits per heavy atom. The second kappa shape index (κ2) is 7.77. The molecule has 1 aromatic rings. The average Bonchev–Trinajstić information content (AvgIpc) is 3.14. The van der Waals surface area contributed by atoms with Gasteiger partial charge in [-0.25, -0.2) is 4.39 Å². The fourth-order valence-electron chi connectivity index (χ4n) is 3.67. The molecule has 2 heterocycles. The average molecular weight is 332 g/mol. The van der Waals surface area contributed by atoms with Crippen molar-refractivity contribution in [1.29, 1.82) is 0 Å². The lowest BCUT2D eigenvalue weighted by Gasteiger charge is -2.33. The zero-order valence-electron chi connectivity index (χ0n) is 14.0. The Morgan fingerprint density at radius 3 is 2.42 bits per heavy atom. The molecule has 1 aromatic carbocycles. The van der Waals surface area contributed by atoms with Crippen LogP contribution in [-0.2, 0) is 16.0 Å². The molecule has 5 heteroatoms. The first-order chi connectivity index (χ1) is 11.6. The largest absolute Gasteiger partial charge is 0.343 e. The van der Waals surface area contributed by atoms with E-state index in [0.717, 1.165) is 44.3 Å². The molecule has 0 spiro atoms. The van der Waals surface area contributed by atoms with Crippen LogP contribution in [0.3, 0.4) is 0 Å². The first-order valence-corrected chi connectivity index (χ1v) is 8.94. The van der Waals surface area contributed by atoms with E-state index < -0.39 is 0 Å². The van der Waals surface area contributed by atoms with Gasteiger partial charge in [0.05, 0.1) is 0 Å². The molecule has 0 saturated carbocycles. The van der Waals surface area contributed by atoms with Crippen molar-refractivity contribution in [2.45, 2.75) is 38.5 Å². The topological polar surface area (TPSA) is 40.6 Å². The summed E-state index contributed by atoms with van der Waals surface area (Å²) in [4.78, 5) is 28.6.